The van der Waals surface area contributed by atoms with Crippen molar-refractivity contribution < 1.29 is 19.1 Å². The molecule has 1 amide bonds. The molecule has 0 N–H and O–H groups in total. The van der Waals surface area contributed by atoms with Gasteiger partial charge in [0, 0.05) is 6.92 Å². The Bertz CT molecular complexity index is 744. The topological polar surface area (TPSA) is 55.8 Å². The smallest absolute Gasteiger partial charge is 0.414 e. The summed E-state index contributed by atoms with van der Waals surface area (Å²) in [5, 5.41) is 0. The van der Waals surface area contributed by atoms with Crippen LogP contribution in [0, 0.1) is 23.7 Å². The van der Waals surface area contributed by atoms with E-state index >= 15 is 0 Å². The van der Waals surface area contributed by atoms with Gasteiger partial charge in [-0.15, -0.1) is 6.42 Å². The molecule has 2 rings (SSSR count). The van der Waals surface area contributed by atoms with Crippen molar-refractivity contribution in [2.75, 3.05) is 6.54 Å². The molecular weight excluding hydrogens is 354 g/mol. The first-order valence-corrected chi connectivity index (χ1v) is 9.81. The highest BCUT2D eigenvalue weighted by molar-refractivity contribution is 5.73. The summed E-state index contributed by atoms with van der Waals surface area (Å²) in [6.07, 6.45) is 6.32. The molecule has 152 valence electrons. The molecule has 1 aromatic rings. The number of rotatable bonds is 6. The van der Waals surface area contributed by atoms with Crippen LogP contribution in [-0.4, -0.2) is 29.8 Å². The summed E-state index contributed by atoms with van der Waals surface area (Å²) in [5.74, 6) is 1.89. The number of ether oxygens (including phenoxy) is 2. The molecular formula is C23H31NO4. The predicted molar refractivity (Wildman–Crippen MR) is 108 cm³/mol. The molecule has 0 fully saturated rings. The number of carbonyl (C=O) groups is 2. The summed E-state index contributed by atoms with van der Waals surface area (Å²) < 4.78 is 10.7. The van der Waals surface area contributed by atoms with Gasteiger partial charge in [0.05, 0.1) is 18.5 Å². The first-order chi connectivity index (χ1) is 13.1. The SMILES string of the molecule is C#CCN(C(=O)OC(C)OC(=O)C(C)CC(C)(C)C)C1CCc2ccccc21. The van der Waals surface area contributed by atoms with Crippen LogP contribution in [0.2, 0.25) is 0 Å². The Hall–Kier alpha value is -2.48. The first-order valence-electron chi connectivity index (χ1n) is 9.81. The van der Waals surface area contributed by atoms with Gasteiger partial charge in [-0.25, -0.2) is 4.79 Å². The van der Waals surface area contributed by atoms with E-state index in [2.05, 4.69) is 32.8 Å². The first kappa shape index (κ1) is 21.8. The van der Waals surface area contributed by atoms with Crippen LogP contribution in [0.25, 0.3) is 0 Å². The number of nitrogens with zero attached hydrogens (tertiary/aromatic N) is 1. The Morgan fingerprint density at radius 3 is 2.57 bits per heavy atom. The number of aryl methyl sites for hydroxylation is 1. The lowest BCUT2D eigenvalue weighted by Crippen LogP contribution is -2.38. The second-order valence-electron chi connectivity index (χ2n) is 8.64. The number of benzene rings is 1. The minimum absolute atomic E-state index is 0.0117. The third-order valence-corrected chi connectivity index (χ3v) is 4.84. The molecule has 1 aliphatic carbocycles. The van der Waals surface area contributed by atoms with Crippen LogP contribution in [0.4, 0.5) is 4.79 Å². The molecule has 0 aliphatic heterocycles. The van der Waals surface area contributed by atoms with E-state index in [0.29, 0.717) is 6.42 Å². The molecule has 0 heterocycles. The minimum atomic E-state index is -0.973. The van der Waals surface area contributed by atoms with Gasteiger partial charge in [-0.2, -0.15) is 0 Å². The standard InChI is InChI=1S/C23H31NO4/c1-7-14-24(20-13-12-18-10-8-9-11-19(18)20)22(26)28-17(3)27-21(25)16(2)15-23(4,5)6/h1,8-11,16-17,20H,12-15H2,2-6H3. The van der Waals surface area contributed by atoms with Gasteiger partial charge in [0.15, 0.2) is 0 Å². The fourth-order valence-corrected chi connectivity index (χ4v) is 3.77. The van der Waals surface area contributed by atoms with Crippen molar-refractivity contribution in [2.45, 2.75) is 66.2 Å². The third-order valence-electron chi connectivity index (χ3n) is 4.84. The van der Waals surface area contributed by atoms with Crippen molar-refractivity contribution in [1.29, 1.82) is 0 Å². The third kappa shape index (κ3) is 5.76. The number of terminal acetylenes is 1. The molecule has 0 aromatic heterocycles. The molecule has 3 atom stereocenters. The van der Waals surface area contributed by atoms with Gasteiger partial charge in [-0.1, -0.05) is 57.9 Å². The van der Waals surface area contributed by atoms with Crippen LogP contribution >= 0.6 is 0 Å². The largest absolute Gasteiger partial charge is 0.425 e. The number of hydrogen-bond acceptors (Lipinski definition) is 4. The van der Waals surface area contributed by atoms with Gasteiger partial charge in [-0.3, -0.25) is 9.69 Å². The highest BCUT2D eigenvalue weighted by Gasteiger charge is 2.33. The summed E-state index contributed by atoms with van der Waals surface area (Å²) in [4.78, 5) is 26.5. The number of hydrogen-bond donors (Lipinski definition) is 0. The Balaban J connectivity index is 1.99. The van der Waals surface area contributed by atoms with E-state index in [-0.39, 0.29) is 29.9 Å². The van der Waals surface area contributed by atoms with Crippen molar-refractivity contribution in [3.8, 4) is 12.3 Å². The second kappa shape index (κ2) is 9.14. The van der Waals surface area contributed by atoms with Crippen LogP contribution in [0.1, 0.15) is 64.6 Å². The zero-order valence-corrected chi connectivity index (χ0v) is 17.5. The Morgan fingerprint density at radius 2 is 1.93 bits per heavy atom. The van der Waals surface area contributed by atoms with E-state index in [0.717, 1.165) is 18.4 Å². The van der Waals surface area contributed by atoms with Crippen LogP contribution in [-0.2, 0) is 20.7 Å². The predicted octanol–water partition coefficient (Wildman–Crippen LogP) is 4.71. The summed E-state index contributed by atoms with van der Waals surface area (Å²) in [7, 11) is 0. The maximum absolute atomic E-state index is 12.7. The molecule has 0 radical (unpaired) electrons. The van der Waals surface area contributed by atoms with Crippen LogP contribution in [0.5, 0.6) is 0 Å². The highest BCUT2D eigenvalue weighted by Crippen LogP contribution is 2.36. The van der Waals surface area contributed by atoms with Crippen molar-refractivity contribution >= 4 is 12.1 Å². The molecule has 28 heavy (non-hydrogen) atoms. The lowest BCUT2D eigenvalue weighted by molar-refractivity contribution is -0.171. The van der Waals surface area contributed by atoms with Crippen molar-refractivity contribution in [3.05, 3.63) is 35.4 Å². The van der Waals surface area contributed by atoms with E-state index in [1.807, 2.05) is 25.1 Å². The number of amides is 1. The number of esters is 1. The maximum Gasteiger partial charge on any atom is 0.414 e. The quantitative estimate of drug-likeness (QED) is 0.404. The summed E-state index contributed by atoms with van der Waals surface area (Å²) in [6, 6.07) is 7.91. The van der Waals surface area contributed by atoms with Crippen LogP contribution < -0.4 is 0 Å². The van der Waals surface area contributed by atoms with E-state index in [9.17, 15) is 9.59 Å². The molecule has 0 bridgehead atoms. The zero-order chi connectivity index (χ0) is 20.9. The monoisotopic (exact) mass is 385 g/mol. The van der Waals surface area contributed by atoms with Gasteiger partial charge in [0.2, 0.25) is 6.29 Å². The molecule has 5 nitrogen and oxygen atoms in total. The van der Waals surface area contributed by atoms with E-state index in [1.54, 1.807) is 6.92 Å². The lowest BCUT2D eigenvalue weighted by atomic mass is 9.85. The fraction of sp³-hybridized carbons (Fsp3) is 0.565. The summed E-state index contributed by atoms with van der Waals surface area (Å²) >= 11 is 0. The molecule has 5 heteroatoms. The maximum atomic E-state index is 12.7. The van der Waals surface area contributed by atoms with E-state index < -0.39 is 12.4 Å². The highest BCUT2D eigenvalue weighted by atomic mass is 16.7. The Labute approximate surface area is 168 Å². The molecule has 1 aromatic carbocycles. The van der Waals surface area contributed by atoms with Gasteiger partial charge in [0.1, 0.15) is 0 Å². The zero-order valence-electron chi connectivity index (χ0n) is 17.5. The van der Waals surface area contributed by atoms with Crippen molar-refractivity contribution in [1.82, 2.24) is 4.90 Å². The number of carbonyl (C=O) groups excluding carboxylic acids is 2. The fourth-order valence-electron chi connectivity index (χ4n) is 3.77. The Morgan fingerprint density at radius 1 is 1.25 bits per heavy atom. The second-order valence-corrected chi connectivity index (χ2v) is 8.64. The average molecular weight is 386 g/mol. The van der Waals surface area contributed by atoms with Crippen LogP contribution in [0.15, 0.2) is 24.3 Å². The van der Waals surface area contributed by atoms with E-state index in [1.165, 1.54) is 10.5 Å². The van der Waals surface area contributed by atoms with Crippen molar-refractivity contribution in [2.24, 2.45) is 11.3 Å². The lowest BCUT2D eigenvalue weighted by Gasteiger charge is -2.29. The average Bonchev–Trinajstić information content (AvgIpc) is 3.01. The van der Waals surface area contributed by atoms with Crippen LogP contribution in [0.3, 0.4) is 0 Å². The summed E-state index contributed by atoms with van der Waals surface area (Å²) in [5.41, 5.74) is 2.33. The van der Waals surface area contributed by atoms with Gasteiger partial charge in [-0.05, 0) is 35.8 Å². The normalized spacial score (nSPS) is 17.8. The molecule has 3 unspecified atom stereocenters. The molecule has 0 saturated heterocycles. The Kier molecular flexibility index (Phi) is 7.12. The minimum Gasteiger partial charge on any atom is -0.425 e. The molecule has 0 spiro atoms. The van der Waals surface area contributed by atoms with Gasteiger partial charge < -0.3 is 9.47 Å². The summed E-state index contributed by atoms with van der Waals surface area (Å²) in [6.45, 7) is 9.71. The van der Waals surface area contributed by atoms with Gasteiger partial charge >= 0.3 is 12.1 Å². The molecule has 0 saturated carbocycles. The number of fused-ring (bicyclic) bond motifs is 1. The van der Waals surface area contributed by atoms with Gasteiger partial charge in [0.25, 0.3) is 0 Å². The molecule has 1 aliphatic rings. The van der Waals surface area contributed by atoms with E-state index in [4.69, 9.17) is 15.9 Å². The van der Waals surface area contributed by atoms with Crippen molar-refractivity contribution in [3.63, 3.8) is 0 Å².